The molecule has 0 radical (unpaired) electrons. The Morgan fingerprint density at radius 3 is 2.41 bits per heavy atom. The van der Waals surface area contributed by atoms with E-state index in [-0.39, 0.29) is 41.8 Å². The molecule has 39 heavy (non-hydrogen) atoms. The van der Waals surface area contributed by atoms with E-state index in [1.54, 1.807) is 0 Å². The minimum atomic E-state index is -2.73. The molecule has 6 N–H and O–H groups in total. The number of hydrogen-bond donors (Lipinski definition) is 5. The predicted octanol–water partition coefficient (Wildman–Crippen LogP) is 0.826. The number of Topliss-reactive ketones (excluding diaryl/α,β-unsaturated/α-hetero) is 2. The van der Waals surface area contributed by atoms with E-state index < -0.39 is 76.8 Å². The summed E-state index contributed by atoms with van der Waals surface area (Å²) in [5.74, 6) is -7.34. The van der Waals surface area contributed by atoms with Gasteiger partial charge in [-0.05, 0) is 46.0 Å². The van der Waals surface area contributed by atoms with Gasteiger partial charge in [-0.2, -0.15) is 0 Å². The predicted molar refractivity (Wildman–Crippen MR) is 133 cm³/mol. The van der Waals surface area contributed by atoms with Crippen LogP contribution in [0.4, 0.5) is 8.78 Å². The van der Waals surface area contributed by atoms with Gasteiger partial charge in [-0.3, -0.25) is 24.2 Å². The second kappa shape index (κ2) is 9.88. The van der Waals surface area contributed by atoms with E-state index in [0.717, 1.165) is 0 Å². The Labute approximate surface area is 222 Å². The number of likely N-dealkylation sites (N-methyl/N-ethyl adjacent to an activating group) is 1. The molecule has 0 fully saturated rings. The molecule has 0 unspecified atom stereocenters. The Kier molecular flexibility index (Phi) is 7.21. The number of nitrogens with zero attached hydrogens (tertiary/aromatic N) is 2. The number of amides is 1. The second-order valence-corrected chi connectivity index (χ2v) is 10.5. The number of benzene rings is 1. The van der Waals surface area contributed by atoms with Crippen molar-refractivity contribution in [2.45, 2.75) is 37.5 Å². The molecular weight excluding hydrogens is 520 g/mol. The van der Waals surface area contributed by atoms with E-state index in [2.05, 4.69) is 0 Å². The maximum atomic E-state index is 13.7. The lowest BCUT2D eigenvalue weighted by Crippen LogP contribution is -2.63. The summed E-state index contributed by atoms with van der Waals surface area (Å²) in [5, 5.41) is 44.6. The van der Waals surface area contributed by atoms with Crippen LogP contribution in [0.3, 0.4) is 0 Å². The highest BCUT2D eigenvalue weighted by Crippen LogP contribution is 2.53. The van der Waals surface area contributed by atoms with Crippen LogP contribution in [0.1, 0.15) is 27.9 Å². The molecule has 0 aromatic heterocycles. The SMILES string of the molecule is COc1c(CN(C)CC(F)F)cc(O)c2c1C[C@H]1C[C@H]3[C@H](N(C)C)C(O)=C(C(N)=O)C(=O)[C@@]3(O)C(O)=C1C2=O. The van der Waals surface area contributed by atoms with Gasteiger partial charge in [0.25, 0.3) is 12.3 Å². The molecule has 1 aromatic carbocycles. The summed E-state index contributed by atoms with van der Waals surface area (Å²) in [7, 11) is 5.88. The number of aliphatic hydroxyl groups is 3. The zero-order chi connectivity index (χ0) is 29.1. The normalized spacial score (nSPS) is 26.8. The molecule has 11 nitrogen and oxygen atoms in total. The highest BCUT2D eigenvalue weighted by Gasteiger charge is 2.63. The third-order valence-electron chi connectivity index (χ3n) is 7.84. The molecular formula is C26H31F2N3O8. The number of halogens is 2. The van der Waals surface area contributed by atoms with Crippen molar-refractivity contribution in [1.29, 1.82) is 0 Å². The van der Waals surface area contributed by atoms with Gasteiger partial charge in [-0.1, -0.05) is 0 Å². The quantitative estimate of drug-likeness (QED) is 0.305. The number of aliphatic hydroxyl groups excluding tert-OH is 2. The van der Waals surface area contributed by atoms with Crippen LogP contribution in [-0.4, -0.2) is 101 Å². The first kappa shape index (κ1) is 28.5. The Hall–Kier alpha value is -3.55. The summed E-state index contributed by atoms with van der Waals surface area (Å²) in [4.78, 5) is 41.9. The molecule has 4 atom stereocenters. The lowest BCUT2D eigenvalue weighted by Gasteiger charge is -2.50. The van der Waals surface area contributed by atoms with Gasteiger partial charge in [0.15, 0.2) is 11.4 Å². The second-order valence-electron chi connectivity index (χ2n) is 10.5. The molecule has 3 aliphatic rings. The zero-order valence-corrected chi connectivity index (χ0v) is 21.9. The number of hydrogen-bond acceptors (Lipinski definition) is 10. The summed E-state index contributed by atoms with van der Waals surface area (Å²) in [6.45, 7) is -0.552. The highest BCUT2D eigenvalue weighted by molar-refractivity contribution is 6.24. The summed E-state index contributed by atoms with van der Waals surface area (Å²) in [5.41, 5.74) is 1.84. The molecule has 13 heteroatoms. The number of ketones is 2. The first-order valence-corrected chi connectivity index (χ1v) is 12.2. The van der Waals surface area contributed by atoms with Crippen LogP contribution in [0.5, 0.6) is 11.5 Å². The van der Waals surface area contributed by atoms with E-state index in [1.165, 1.54) is 44.1 Å². The maximum Gasteiger partial charge on any atom is 0.255 e. The standard InChI is InChI=1S/C26H31F2N3O8/c1-30(2)19-13-6-10-5-12-17(14(32)7-11(22(12)39-4)8-31(3)9-15(27)28)20(33)16(10)23(35)26(13,38)24(36)18(21(19)34)25(29)37/h7,10,13,15,19,32,34-35,38H,5-6,8-9H2,1-4H3,(H2,29,37)/t10-,13-,19-,26-/m0/s1. The molecule has 0 spiro atoms. The van der Waals surface area contributed by atoms with Crippen LogP contribution in [0, 0.1) is 11.8 Å². The molecule has 212 valence electrons. The Bertz CT molecular complexity index is 1320. The average Bonchev–Trinajstić information content (AvgIpc) is 2.80. The van der Waals surface area contributed by atoms with Crippen molar-refractivity contribution in [1.82, 2.24) is 9.80 Å². The largest absolute Gasteiger partial charge is 0.510 e. The topological polar surface area (TPSA) is 174 Å². The Balaban J connectivity index is 1.89. The van der Waals surface area contributed by atoms with Crippen molar-refractivity contribution in [2.75, 3.05) is 34.8 Å². The minimum Gasteiger partial charge on any atom is -0.510 e. The number of allylic oxidation sites excluding steroid dienone is 1. The minimum absolute atomic E-state index is 0.0186. The number of ether oxygens (including phenoxy) is 1. The van der Waals surface area contributed by atoms with Crippen molar-refractivity contribution in [2.24, 2.45) is 17.6 Å². The average molecular weight is 552 g/mol. The number of rotatable bonds is 7. The monoisotopic (exact) mass is 551 g/mol. The number of alkyl halides is 2. The summed E-state index contributed by atoms with van der Waals surface area (Å²) < 4.78 is 31.3. The van der Waals surface area contributed by atoms with Crippen LogP contribution in [0.25, 0.3) is 0 Å². The van der Waals surface area contributed by atoms with E-state index in [1.807, 2.05) is 0 Å². The van der Waals surface area contributed by atoms with Crippen LogP contribution >= 0.6 is 0 Å². The molecule has 0 saturated carbocycles. The number of fused-ring (bicyclic) bond motifs is 3. The number of carbonyl (C=O) groups is 3. The van der Waals surface area contributed by atoms with Gasteiger partial charge in [-0.15, -0.1) is 0 Å². The van der Waals surface area contributed by atoms with Crippen molar-refractivity contribution >= 4 is 17.5 Å². The third kappa shape index (κ3) is 4.24. The summed E-state index contributed by atoms with van der Waals surface area (Å²) >= 11 is 0. The van der Waals surface area contributed by atoms with Crippen LogP contribution in [0.2, 0.25) is 0 Å². The van der Waals surface area contributed by atoms with Crippen molar-refractivity contribution < 1.29 is 48.3 Å². The van der Waals surface area contributed by atoms with Crippen molar-refractivity contribution in [3.05, 3.63) is 45.4 Å². The molecule has 1 amide bonds. The number of primary amides is 1. The lowest BCUT2D eigenvalue weighted by atomic mass is 9.58. The van der Waals surface area contributed by atoms with E-state index in [4.69, 9.17) is 10.5 Å². The molecule has 1 aromatic rings. The maximum absolute atomic E-state index is 13.7. The highest BCUT2D eigenvalue weighted by atomic mass is 19.3. The van der Waals surface area contributed by atoms with Gasteiger partial charge >= 0.3 is 0 Å². The van der Waals surface area contributed by atoms with E-state index >= 15 is 0 Å². The van der Waals surface area contributed by atoms with Gasteiger partial charge in [0.2, 0.25) is 5.78 Å². The number of aromatic hydroxyl groups is 1. The number of carbonyl (C=O) groups excluding carboxylic acids is 3. The van der Waals surface area contributed by atoms with Crippen molar-refractivity contribution in [3.8, 4) is 11.5 Å². The first-order valence-electron chi connectivity index (χ1n) is 12.2. The number of phenols is 1. The first-order chi connectivity index (χ1) is 18.2. The van der Waals surface area contributed by atoms with Gasteiger partial charge in [0.05, 0.1) is 25.3 Å². The molecule has 0 heterocycles. The lowest BCUT2D eigenvalue weighted by molar-refractivity contribution is -0.148. The van der Waals surface area contributed by atoms with E-state index in [9.17, 15) is 43.6 Å². The van der Waals surface area contributed by atoms with Gasteiger partial charge in [0.1, 0.15) is 28.6 Å². The number of nitrogens with two attached hydrogens (primary N) is 1. The van der Waals surface area contributed by atoms with Gasteiger partial charge in [0, 0.05) is 29.2 Å². The fraction of sp³-hybridized carbons (Fsp3) is 0.500. The van der Waals surface area contributed by atoms with Crippen LogP contribution < -0.4 is 10.5 Å². The van der Waals surface area contributed by atoms with Crippen LogP contribution in [-0.2, 0) is 22.6 Å². The third-order valence-corrected chi connectivity index (χ3v) is 7.84. The van der Waals surface area contributed by atoms with Crippen molar-refractivity contribution in [3.63, 3.8) is 0 Å². The molecule has 0 aliphatic heterocycles. The number of phenolic OH excluding ortho intramolecular Hbond substituents is 1. The molecule has 0 bridgehead atoms. The van der Waals surface area contributed by atoms with Crippen LogP contribution in [0.15, 0.2) is 28.7 Å². The summed E-state index contributed by atoms with van der Waals surface area (Å²) in [6.07, 6.45) is -2.64. The fourth-order valence-corrected chi connectivity index (χ4v) is 6.33. The Morgan fingerprint density at radius 2 is 1.87 bits per heavy atom. The fourth-order valence-electron chi connectivity index (χ4n) is 6.33. The van der Waals surface area contributed by atoms with Gasteiger partial charge in [-0.25, -0.2) is 8.78 Å². The summed E-state index contributed by atoms with van der Waals surface area (Å²) in [6, 6.07) is 0.107. The molecule has 3 aliphatic carbocycles. The smallest absolute Gasteiger partial charge is 0.255 e. The zero-order valence-electron chi connectivity index (χ0n) is 21.9. The Morgan fingerprint density at radius 1 is 1.23 bits per heavy atom. The van der Waals surface area contributed by atoms with E-state index in [0.29, 0.717) is 5.56 Å². The number of methoxy groups -OCH3 is 1. The molecule has 4 rings (SSSR count). The van der Waals surface area contributed by atoms with Gasteiger partial charge < -0.3 is 30.9 Å². The molecule has 0 saturated heterocycles.